The first-order chi connectivity index (χ1) is 19.1. The molecule has 0 fully saturated rings. The fourth-order valence-corrected chi connectivity index (χ4v) is 9.34. The highest BCUT2D eigenvalue weighted by molar-refractivity contribution is 7.04. The summed E-state index contributed by atoms with van der Waals surface area (Å²) >= 11 is 0. The molecule has 0 N–H and O–H groups in total. The van der Waals surface area contributed by atoms with Crippen LogP contribution in [0.25, 0.3) is 66.4 Å². The van der Waals surface area contributed by atoms with Gasteiger partial charge in [0.25, 0.3) is 0 Å². The molecule has 4 aromatic carbocycles. The highest BCUT2D eigenvalue weighted by atomic mass is 28.3. The lowest BCUT2D eigenvalue weighted by molar-refractivity contribution is 1.36. The summed E-state index contributed by atoms with van der Waals surface area (Å²) in [7, 11) is -1.69. The van der Waals surface area contributed by atoms with Crippen LogP contribution in [0.4, 0.5) is 0 Å². The van der Waals surface area contributed by atoms with Crippen molar-refractivity contribution < 1.29 is 0 Å². The second-order valence-electron chi connectivity index (χ2n) is 10.9. The summed E-state index contributed by atoms with van der Waals surface area (Å²) in [6.45, 7) is 4.91. The Morgan fingerprint density at radius 3 is 2.05 bits per heavy atom. The van der Waals surface area contributed by atoms with Gasteiger partial charge in [-0.2, -0.15) is 0 Å². The summed E-state index contributed by atoms with van der Waals surface area (Å²) in [5.74, 6) is 0. The molecule has 1 aliphatic heterocycles. The Kier molecular flexibility index (Phi) is 4.67. The molecule has 0 amide bonds. The fourth-order valence-electron chi connectivity index (χ4n) is 6.26. The number of nitrogens with zero attached hydrogens (tertiary/aromatic N) is 3. The van der Waals surface area contributed by atoms with Crippen molar-refractivity contribution in [1.82, 2.24) is 15.0 Å². The van der Waals surface area contributed by atoms with Gasteiger partial charge in [0.1, 0.15) is 8.07 Å². The van der Waals surface area contributed by atoms with E-state index in [1.807, 2.05) is 12.3 Å². The number of fused-ring (bicyclic) bond motifs is 8. The van der Waals surface area contributed by atoms with Crippen molar-refractivity contribution in [2.24, 2.45) is 0 Å². The molecule has 3 aromatic heterocycles. The van der Waals surface area contributed by atoms with Crippen molar-refractivity contribution in [1.29, 1.82) is 0 Å². The van der Waals surface area contributed by atoms with Gasteiger partial charge in [0, 0.05) is 33.5 Å². The fraction of sp³-hybridized carbons (Fsp3) is 0.0571. The molecular formula is C35H25N3Si. The third kappa shape index (κ3) is 3.32. The number of pyridine rings is 3. The first-order valence-electron chi connectivity index (χ1n) is 13.4. The second-order valence-corrected chi connectivity index (χ2v) is 15.2. The summed E-state index contributed by atoms with van der Waals surface area (Å²) in [5.41, 5.74) is 9.81. The van der Waals surface area contributed by atoms with Crippen molar-refractivity contribution in [2.45, 2.75) is 13.1 Å². The van der Waals surface area contributed by atoms with Gasteiger partial charge < -0.3 is 0 Å². The maximum absolute atomic E-state index is 5.11. The third-order valence-electron chi connectivity index (χ3n) is 8.32. The minimum absolute atomic E-state index is 0.936. The van der Waals surface area contributed by atoms with Gasteiger partial charge in [-0.15, -0.1) is 0 Å². The van der Waals surface area contributed by atoms with Crippen molar-refractivity contribution in [3.8, 4) is 33.6 Å². The third-order valence-corrected chi connectivity index (χ3v) is 11.9. The number of benzene rings is 4. The van der Waals surface area contributed by atoms with Crippen LogP contribution in [0.1, 0.15) is 0 Å². The van der Waals surface area contributed by atoms with E-state index in [9.17, 15) is 0 Å². The molecule has 184 valence electrons. The summed E-state index contributed by atoms with van der Waals surface area (Å²) in [6, 6.07) is 39.0. The van der Waals surface area contributed by atoms with Crippen LogP contribution in [0.3, 0.4) is 0 Å². The van der Waals surface area contributed by atoms with E-state index in [1.165, 1.54) is 26.9 Å². The lowest BCUT2D eigenvalue weighted by Crippen LogP contribution is -2.49. The van der Waals surface area contributed by atoms with Crippen molar-refractivity contribution >= 4 is 51.2 Å². The van der Waals surface area contributed by atoms with E-state index in [0.29, 0.717) is 0 Å². The molecule has 4 heterocycles. The minimum atomic E-state index is -1.69. The first kappa shape index (κ1) is 22.3. The zero-order valence-corrected chi connectivity index (χ0v) is 22.8. The Morgan fingerprint density at radius 1 is 0.538 bits per heavy atom. The minimum Gasteiger partial charge on any atom is -0.254 e. The maximum atomic E-state index is 5.11. The highest BCUT2D eigenvalue weighted by Gasteiger charge is 2.38. The molecule has 0 unspecified atom stereocenters. The number of hydrogen-bond donors (Lipinski definition) is 0. The molecule has 39 heavy (non-hydrogen) atoms. The molecule has 3 nitrogen and oxygen atoms in total. The van der Waals surface area contributed by atoms with E-state index in [1.54, 1.807) is 0 Å². The molecular weight excluding hydrogens is 490 g/mol. The average molecular weight is 516 g/mol. The van der Waals surface area contributed by atoms with E-state index in [2.05, 4.69) is 121 Å². The quantitative estimate of drug-likeness (QED) is 0.177. The van der Waals surface area contributed by atoms with Crippen molar-refractivity contribution in [3.63, 3.8) is 0 Å². The zero-order valence-electron chi connectivity index (χ0n) is 21.8. The molecule has 1 aliphatic rings. The van der Waals surface area contributed by atoms with Crippen LogP contribution >= 0.6 is 0 Å². The van der Waals surface area contributed by atoms with Crippen molar-refractivity contribution in [2.75, 3.05) is 0 Å². The van der Waals surface area contributed by atoms with Gasteiger partial charge in [-0.1, -0.05) is 98.0 Å². The van der Waals surface area contributed by atoms with Crippen LogP contribution in [0, 0.1) is 0 Å². The van der Waals surface area contributed by atoms with Gasteiger partial charge in [0.05, 0.1) is 27.9 Å². The van der Waals surface area contributed by atoms with Crippen LogP contribution in [-0.2, 0) is 0 Å². The molecule has 0 saturated heterocycles. The highest BCUT2D eigenvalue weighted by Crippen LogP contribution is 2.35. The number of rotatable bonds is 2. The smallest absolute Gasteiger partial charge is 0.113 e. The van der Waals surface area contributed by atoms with E-state index in [-0.39, 0.29) is 0 Å². The van der Waals surface area contributed by atoms with Crippen LogP contribution < -0.4 is 10.4 Å². The largest absolute Gasteiger partial charge is 0.254 e. The standard InChI is InChI=1S/C35H25N3Si/c1-39(2)31-8-4-3-7-27(31)33-26-16-18-28(37-30(26)19-20-32(33)39)22-9-11-23(12-10-22)29-17-15-25-14-13-24-6-5-21-36-34(24)35(25)38-29/h3-21H,1-2H3. The summed E-state index contributed by atoms with van der Waals surface area (Å²) in [4.78, 5) is 14.7. The summed E-state index contributed by atoms with van der Waals surface area (Å²) in [6.07, 6.45) is 1.83. The predicted octanol–water partition coefficient (Wildman–Crippen LogP) is 7.47. The van der Waals surface area contributed by atoms with Crippen molar-refractivity contribution in [3.05, 3.63) is 115 Å². The molecule has 0 bridgehead atoms. The Balaban J connectivity index is 1.19. The normalized spacial score (nSPS) is 13.6. The monoisotopic (exact) mass is 515 g/mol. The van der Waals surface area contributed by atoms with Gasteiger partial charge in [0.2, 0.25) is 0 Å². The summed E-state index contributed by atoms with van der Waals surface area (Å²) < 4.78 is 0. The van der Waals surface area contributed by atoms with E-state index in [0.717, 1.165) is 49.8 Å². The molecule has 0 radical (unpaired) electrons. The van der Waals surface area contributed by atoms with E-state index in [4.69, 9.17) is 9.97 Å². The predicted molar refractivity (Wildman–Crippen MR) is 165 cm³/mol. The molecule has 0 saturated carbocycles. The molecule has 0 atom stereocenters. The maximum Gasteiger partial charge on any atom is 0.113 e. The average Bonchev–Trinajstić information content (AvgIpc) is 3.23. The Labute approximate surface area is 227 Å². The van der Waals surface area contributed by atoms with Crippen LogP contribution in [-0.4, -0.2) is 23.0 Å². The van der Waals surface area contributed by atoms with E-state index >= 15 is 0 Å². The van der Waals surface area contributed by atoms with Crippen LogP contribution in [0.5, 0.6) is 0 Å². The Bertz CT molecular complexity index is 2100. The molecule has 4 heteroatoms. The SMILES string of the molecule is C[Si]1(C)c2ccccc2-c2c1ccc1nc(-c3ccc(-c4ccc5ccc6cccnc6c5n4)cc3)ccc21. The number of hydrogen-bond acceptors (Lipinski definition) is 3. The summed E-state index contributed by atoms with van der Waals surface area (Å²) in [5, 5.41) is 6.49. The first-order valence-corrected chi connectivity index (χ1v) is 16.4. The number of aromatic nitrogens is 3. The molecule has 8 rings (SSSR count). The molecule has 0 spiro atoms. The van der Waals surface area contributed by atoms with Crippen LogP contribution in [0.15, 0.2) is 115 Å². The van der Waals surface area contributed by atoms with Gasteiger partial charge in [-0.05, 0) is 45.8 Å². The van der Waals surface area contributed by atoms with Gasteiger partial charge >= 0.3 is 0 Å². The van der Waals surface area contributed by atoms with Gasteiger partial charge in [0.15, 0.2) is 0 Å². The van der Waals surface area contributed by atoms with E-state index < -0.39 is 8.07 Å². The van der Waals surface area contributed by atoms with Gasteiger partial charge in [-0.25, -0.2) is 9.97 Å². The molecule has 7 aromatic rings. The second kappa shape index (κ2) is 8.16. The molecule has 0 aliphatic carbocycles. The topological polar surface area (TPSA) is 38.7 Å². The van der Waals surface area contributed by atoms with Gasteiger partial charge in [-0.3, -0.25) is 4.98 Å². The lowest BCUT2D eigenvalue weighted by atomic mass is 9.99. The lowest BCUT2D eigenvalue weighted by Gasteiger charge is -2.18. The Morgan fingerprint density at radius 2 is 1.23 bits per heavy atom. The zero-order chi connectivity index (χ0) is 26.1. The van der Waals surface area contributed by atoms with Crippen LogP contribution in [0.2, 0.25) is 13.1 Å². The Hall–Kier alpha value is -4.67.